The highest BCUT2D eigenvalue weighted by atomic mass is 16.4. The Bertz CT molecular complexity index is 590. The van der Waals surface area contributed by atoms with Crippen LogP contribution in [0.15, 0.2) is 30.3 Å². The second kappa shape index (κ2) is 6.25. The van der Waals surface area contributed by atoms with Crippen LogP contribution in [0.5, 0.6) is 0 Å². The van der Waals surface area contributed by atoms with Gasteiger partial charge >= 0.3 is 5.97 Å². The number of aliphatic carboxylic acids is 1. The van der Waals surface area contributed by atoms with Gasteiger partial charge in [-0.15, -0.1) is 0 Å². The third-order valence-electron chi connectivity index (χ3n) is 4.02. The minimum atomic E-state index is -1.90. The summed E-state index contributed by atoms with van der Waals surface area (Å²) in [5.41, 5.74) is 9.84. The molecule has 2 atom stereocenters. The lowest BCUT2D eigenvalue weighted by Crippen LogP contribution is -2.68. The first-order chi connectivity index (χ1) is 10.4. The van der Waals surface area contributed by atoms with Gasteiger partial charge in [0.15, 0.2) is 11.4 Å². The highest BCUT2D eigenvalue weighted by molar-refractivity contribution is 5.99. The Labute approximate surface area is 127 Å². The van der Waals surface area contributed by atoms with E-state index < -0.39 is 23.5 Å². The number of hydrogen-bond acceptors (Lipinski definition) is 5. The topological polar surface area (TPSA) is 127 Å². The summed E-state index contributed by atoms with van der Waals surface area (Å²) in [5, 5.41) is 9.41. The summed E-state index contributed by atoms with van der Waals surface area (Å²) >= 11 is 0. The zero-order chi connectivity index (χ0) is 16.3. The second-order valence-corrected chi connectivity index (χ2v) is 5.40. The van der Waals surface area contributed by atoms with Gasteiger partial charge in [0, 0.05) is 24.4 Å². The van der Waals surface area contributed by atoms with Crippen molar-refractivity contribution in [2.45, 2.75) is 18.5 Å². The molecule has 1 aliphatic heterocycles. The van der Waals surface area contributed by atoms with Gasteiger partial charge in [-0.3, -0.25) is 15.3 Å². The van der Waals surface area contributed by atoms with E-state index in [-0.39, 0.29) is 25.3 Å². The molecule has 1 amide bonds. The van der Waals surface area contributed by atoms with E-state index in [2.05, 4.69) is 0 Å². The molecule has 0 bridgehead atoms. The van der Waals surface area contributed by atoms with Gasteiger partial charge in [0.05, 0.1) is 6.54 Å². The number of carboxylic acids is 1. The number of carbonyl (C=O) groups is 3. The van der Waals surface area contributed by atoms with Crippen LogP contribution >= 0.6 is 0 Å². The summed E-state index contributed by atoms with van der Waals surface area (Å²) in [5.74, 6) is -2.56. The average Bonchev–Trinajstić information content (AvgIpc) is 2.54. The zero-order valence-electron chi connectivity index (χ0n) is 12.1. The standard InChI is InChI=1S/C15H19N3O4/c16-9-12(19)18-7-6-11(8-15(18,17)14(21)22)13(20)10-4-2-1-3-5-10/h1-5,11H,6-9,16-17H2,(H,21,22). The van der Waals surface area contributed by atoms with E-state index in [0.29, 0.717) is 12.0 Å². The molecule has 0 spiro atoms. The first kappa shape index (κ1) is 16.1. The molecule has 7 nitrogen and oxygen atoms in total. The van der Waals surface area contributed by atoms with Crippen LogP contribution in [0.25, 0.3) is 0 Å². The van der Waals surface area contributed by atoms with Crippen molar-refractivity contribution in [2.75, 3.05) is 13.1 Å². The van der Waals surface area contributed by atoms with Gasteiger partial charge in [-0.25, -0.2) is 4.79 Å². The maximum atomic E-state index is 12.5. The van der Waals surface area contributed by atoms with Crippen LogP contribution in [0.3, 0.4) is 0 Å². The van der Waals surface area contributed by atoms with Crippen molar-refractivity contribution in [3.05, 3.63) is 35.9 Å². The third-order valence-corrected chi connectivity index (χ3v) is 4.02. The molecule has 5 N–H and O–H groups in total. The van der Waals surface area contributed by atoms with E-state index in [1.165, 1.54) is 0 Å². The van der Waals surface area contributed by atoms with Crippen LogP contribution in [0.1, 0.15) is 23.2 Å². The molecule has 1 aromatic carbocycles. The number of amides is 1. The van der Waals surface area contributed by atoms with Crippen molar-refractivity contribution < 1.29 is 19.5 Å². The Hall–Kier alpha value is -2.25. The van der Waals surface area contributed by atoms with E-state index in [4.69, 9.17) is 11.5 Å². The zero-order valence-corrected chi connectivity index (χ0v) is 12.1. The quantitative estimate of drug-likeness (QED) is 0.661. The minimum absolute atomic E-state index is 0.0993. The molecule has 1 aliphatic rings. The van der Waals surface area contributed by atoms with Gasteiger partial charge in [0.25, 0.3) is 0 Å². The molecule has 1 fully saturated rings. The number of nitrogens with two attached hydrogens (primary N) is 2. The van der Waals surface area contributed by atoms with E-state index >= 15 is 0 Å². The van der Waals surface area contributed by atoms with Gasteiger partial charge in [-0.2, -0.15) is 0 Å². The smallest absolute Gasteiger partial charge is 0.344 e. The normalized spacial score (nSPS) is 24.8. The molecular formula is C15H19N3O4. The molecule has 0 saturated carbocycles. The summed E-state index contributed by atoms with van der Waals surface area (Å²) < 4.78 is 0. The fraction of sp³-hybridized carbons (Fsp3) is 0.400. The first-order valence-corrected chi connectivity index (χ1v) is 7.02. The van der Waals surface area contributed by atoms with Crippen molar-refractivity contribution in [1.82, 2.24) is 4.90 Å². The molecule has 1 saturated heterocycles. The van der Waals surface area contributed by atoms with Gasteiger partial charge in [-0.05, 0) is 6.42 Å². The predicted molar refractivity (Wildman–Crippen MR) is 78.8 cm³/mol. The maximum absolute atomic E-state index is 12.5. The van der Waals surface area contributed by atoms with Crippen molar-refractivity contribution in [1.29, 1.82) is 0 Å². The average molecular weight is 305 g/mol. The number of piperidine rings is 1. The Kier molecular flexibility index (Phi) is 4.58. The van der Waals surface area contributed by atoms with Crippen LogP contribution in [-0.2, 0) is 9.59 Å². The van der Waals surface area contributed by atoms with Crippen LogP contribution in [0, 0.1) is 5.92 Å². The van der Waals surface area contributed by atoms with E-state index in [0.717, 1.165) is 4.90 Å². The SMILES string of the molecule is NCC(=O)N1CCC(C(=O)c2ccccc2)CC1(N)C(=O)O. The van der Waals surface area contributed by atoms with Crippen LogP contribution in [0.4, 0.5) is 0 Å². The summed E-state index contributed by atoms with van der Waals surface area (Å²) in [6.07, 6.45) is 0.244. The molecule has 0 aliphatic carbocycles. The van der Waals surface area contributed by atoms with Gasteiger partial charge < -0.3 is 15.7 Å². The molecule has 22 heavy (non-hydrogen) atoms. The molecule has 1 heterocycles. The largest absolute Gasteiger partial charge is 0.478 e. The number of hydrogen-bond donors (Lipinski definition) is 3. The van der Waals surface area contributed by atoms with Crippen molar-refractivity contribution in [2.24, 2.45) is 17.4 Å². The van der Waals surface area contributed by atoms with E-state index in [1.807, 2.05) is 0 Å². The maximum Gasteiger partial charge on any atom is 0.344 e. The number of ketones is 1. The lowest BCUT2D eigenvalue weighted by atomic mass is 9.81. The minimum Gasteiger partial charge on any atom is -0.478 e. The van der Waals surface area contributed by atoms with Crippen molar-refractivity contribution >= 4 is 17.7 Å². The monoisotopic (exact) mass is 305 g/mol. The Morgan fingerprint density at radius 1 is 1.27 bits per heavy atom. The van der Waals surface area contributed by atoms with E-state index in [1.54, 1.807) is 30.3 Å². The molecule has 2 unspecified atom stereocenters. The first-order valence-electron chi connectivity index (χ1n) is 7.02. The number of Topliss-reactive ketones (excluding diaryl/α,β-unsaturated/α-hetero) is 1. The fourth-order valence-corrected chi connectivity index (χ4v) is 2.79. The van der Waals surface area contributed by atoms with Crippen molar-refractivity contribution in [3.8, 4) is 0 Å². The third kappa shape index (κ3) is 2.86. The van der Waals surface area contributed by atoms with Crippen LogP contribution < -0.4 is 11.5 Å². The number of carboxylic acid groups (broad SMARTS) is 1. The molecule has 118 valence electrons. The molecule has 0 radical (unpaired) electrons. The van der Waals surface area contributed by atoms with Crippen LogP contribution in [0.2, 0.25) is 0 Å². The number of likely N-dealkylation sites (tertiary alicyclic amines) is 1. The van der Waals surface area contributed by atoms with Gasteiger partial charge in [0.1, 0.15) is 0 Å². The Morgan fingerprint density at radius 3 is 2.45 bits per heavy atom. The molecule has 1 aromatic rings. The second-order valence-electron chi connectivity index (χ2n) is 5.40. The van der Waals surface area contributed by atoms with Gasteiger partial charge in [0.2, 0.25) is 5.91 Å². The van der Waals surface area contributed by atoms with Crippen LogP contribution in [-0.4, -0.2) is 46.4 Å². The molecule has 0 aromatic heterocycles. The summed E-state index contributed by atoms with van der Waals surface area (Å²) in [6.45, 7) is -0.217. The number of carbonyl (C=O) groups excluding carboxylic acids is 2. The lowest BCUT2D eigenvalue weighted by molar-refractivity contribution is -0.162. The molecule has 7 heteroatoms. The number of benzene rings is 1. The number of rotatable bonds is 4. The molecular weight excluding hydrogens is 286 g/mol. The highest BCUT2D eigenvalue weighted by Gasteiger charge is 2.49. The predicted octanol–water partition coefficient (Wildman–Crippen LogP) is -0.194. The fourth-order valence-electron chi connectivity index (χ4n) is 2.79. The molecule has 2 rings (SSSR count). The lowest BCUT2D eigenvalue weighted by Gasteiger charge is -2.43. The van der Waals surface area contributed by atoms with E-state index in [9.17, 15) is 19.5 Å². The van der Waals surface area contributed by atoms with Gasteiger partial charge in [-0.1, -0.05) is 30.3 Å². The highest BCUT2D eigenvalue weighted by Crippen LogP contribution is 2.31. The Morgan fingerprint density at radius 2 is 1.91 bits per heavy atom. The summed E-state index contributed by atoms with van der Waals surface area (Å²) in [7, 11) is 0. The Balaban J connectivity index is 2.24. The summed E-state index contributed by atoms with van der Waals surface area (Å²) in [4.78, 5) is 36.9. The summed E-state index contributed by atoms with van der Waals surface area (Å²) in [6, 6.07) is 8.64. The van der Waals surface area contributed by atoms with Crippen molar-refractivity contribution in [3.63, 3.8) is 0 Å². The number of nitrogens with zero attached hydrogens (tertiary/aromatic N) is 1.